The highest BCUT2D eigenvalue weighted by atomic mass is 16.3. The maximum Gasteiger partial charge on any atom is 0.235 e. The van der Waals surface area contributed by atoms with Gasteiger partial charge in [0, 0.05) is 17.6 Å². The van der Waals surface area contributed by atoms with Gasteiger partial charge in [-0.15, -0.1) is 0 Å². The molecule has 204 valence electrons. The number of hydrogen-bond acceptors (Lipinski definition) is 10. The van der Waals surface area contributed by atoms with Crippen LogP contribution in [0.3, 0.4) is 0 Å². The summed E-state index contributed by atoms with van der Waals surface area (Å²) < 4.78 is 0. The lowest BCUT2D eigenvalue weighted by Gasteiger charge is -2.52. The summed E-state index contributed by atoms with van der Waals surface area (Å²) in [6.07, 6.45) is 2.10. The van der Waals surface area contributed by atoms with Crippen LogP contribution in [0, 0.1) is 23.7 Å². The molecule has 5 N–H and O–H groups in total. The number of likely N-dealkylation sites (N-methyl/N-ethyl adjacent to an activating group) is 1. The summed E-state index contributed by atoms with van der Waals surface area (Å²) >= 11 is 0. The van der Waals surface area contributed by atoms with Crippen LogP contribution in [0.1, 0.15) is 35.2 Å². The van der Waals surface area contributed by atoms with E-state index in [1.54, 1.807) is 20.2 Å². The van der Waals surface area contributed by atoms with Crippen LogP contribution >= 0.6 is 0 Å². The first-order valence-corrected chi connectivity index (χ1v) is 13.0. The number of ketones is 4. The summed E-state index contributed by atoms with van der Waals surface area (Å²) in [6.45, 7) is 1.85. The molecule has 0 radical (unpaired) electrons. The SMILES string of the molecule is CN1CCC(Nc2ccc(O)c3c2CC2CC4C(N(C)C)C(=O)C(C(N)=O)C(=O)C4(O)C(=O)C2C3=O)CC1. The van der Waals surface area contributed by atoms with Gasteiger partial charge in [0.2, 0.25) is 5.91 Å². The van der Waals surface area contributed by atoms with Crippen molar-refractivity contribution in [2.75, 3.05) is 39.5 Å². The summed E-state index contributed by atoms with van der Waals surface area (Å²) in [5.41, 5.74) is 3.95. The quantitative estimate of drug-likeness (QED) is 0.293. The van der Waals surface area contributed by atoms with E-state index in [0.717, 1.165) is 25.9 Å². The molecule has 5 rings (SSSR count). The monoisotopic (exact) mass is 526 g/mol. The van der Waals surface area contributed by atoms with Gasteiger partial charge in [0.15, 0.2) is 34.7 Å². The van der Waals surface area contributed by atoms with Crippen LogP contribution in [-0.4, -0.2) is 101 Å². The summed E-state index contributed by atoms with van der Waals surface area (Å²) in [7, 11) is 5.19. The third kappa shape index (κ3) is 3.78. The molecule has 0 spiro atoms. The molecule has 1 heterocycles. The number of amides is 1. The number of nitrogens with one attached hydrogen (secondary N) is 1. The normalized spacial score (nSPS) is 34.1. The number of carbonyl (C=O) groups excluding carboxylic acids is 5. The van der Waals surface area contributed by atoms with Crippen molar-refractivity contribution in [3.8, 4) is 5.75 Å². The molecule has 3 fully saturated rings. The number of piperidine rings is 1. The van der Waals surface area contributed by atoms with Gasteiger partial charge in [-0.2, -0.15) is 0 Å². The van der Waals surface area contributed by atoms with Gasteiger partial charge in [0.1, 0.15) is 5.75 Å². The van der Waals surface area contributed by atoms with Gasteiger partial charge in [0.05, 0.1) is 17.5 Å². The fraction of sp³-hybridized carbons (Fsp3) is 0.593. The number of phenols is 1. The van der Waals surface area contributed by atoms with Crippen LogP contribution in [-0.2, 0) is 25.6 Å². The molecule has 0 bridgehead atoms. The van der Waals surface area contributed by atoms with Gasteiger partial charge in [-0.05, 0) is 83.5 Å². The van der Waals surface area contributed by atoms with Crippen LogP contribution in [0.25, 0.3) is 0 Å². The number of benzene rings is 1. The summed E-state index contributed by atoms with van der Waals surface area (Å²) in [5, 5.41) is 25.8. The van der Waals surface area contributed by atoms with E-state index in [1.807, 2.05) is 0 Å². The van der Waals surface area contributed by atoms with Gasteiger partial charge in [-0.25, -0.2) is 0 Å². The standard InChI is InChI=1S/C27H34N4O7/c1-30(2)21-15-11-12-10-14-16(29-13-6-8-31(3)9-7-13)4-5-17(32)19(14)22(33)18(12)24(35)27(15,38)25(36)20(23(21)34)26(28)37/h4-5,12-13,15,18,20-21,29,32,38H,6-11H2,1-3H3,(H2,28,37). The van der Waals surface area contributed by atoms with E-state index in [1.165, 1.54) is 11.0 Å². The van der Waals surface area contributed by atoms with E-state index in [0.29, 0.717) is 11.3 Å². The maximum atomic E-state index is 13.9. The predicted molar refractivity (Wildman–Crippen MR) is 136 cm³/mol. The van der Waals surface area contributed by atoms with Crippen molar-refractivity contribution < 1.29 is 34.2 Å². The molecule has 2 saturated carbocycles. The number of nitrogens with two attached hydrogens (primary N) is 1. The van der Waals surface area contributed by atoms with Crippen LogP contribution < -0.4 is 11.1 Å². The Balaban J connectivity index is 1.55. The molecule has 38 heavy (non-hydrogen) atoms. The highest BCUT2D eigenvalue weighted by Gasteiger charge is 2.69. The summed E-state index contributed by atoms with van der Waals surface area (Å²) in [4.78, 5) is 69.9. The van der Waals surface area contributed by atoms with Crippen molar-refractivity contribution in [2.24, 2.45) is 29.4 Å². The predicted octanol–water partition coefficient (Wildman–Crippen LogP) is -0.627. The molecular formula is C27H34N4O7. The molecule has 1 amide bonds. The summed E-state index contributed by atoms with van der Waals surface area (Å²) in [6, 6.07) is 2.21. The zero-order chi connectivity index (χ0) is 27.7. The first kappa shape index (κ1) is 26.5. The van der Waals surface area contributed by atoms with Gasteiger partial charge < -0.3 is 26.2 Å². The number of likely N-dealkylation sites (tertiary alicyclic amines) is 1. The average molecular weight is 527 g/mol. The number of hydrogen-bond donors (Lipinski definition) is 4. The number of anilines is 1. The van der Waals surface area contributed by atoms with Crippen LogP contribution in [0.2, 0.25) is 0 Å². The number of primary amides is 1. The lowest BCUT2D eigenvalue weighted by Crippen LogP contribution is -2.74. The second-order valence-electron chi connectivity index (χ2n) is 11.5. The number of carbonyl (C=O) groups is 5. The Bertz CT molecular complexity index is 1240. The van der Waals surface area contributed by atoms with E-state index in [9.17, 15) is 34.2 Å². The Morgan fingerprint density at radius 2 is 1.79 bits per heavy atom. The number of aliphatic hydroxyl groups is 1. The third-order valence-electron chi connectivity index (χ3n) is 9.02. The fourth-order valence-electron chi connectivity index (χ4n) is 7.11. The average Bonchev–Trinajstić information content (AvgIpc) is 2.84. The minimum atomic E-state index is -2.71. The number of Topliss-reactive ketones (excluding diaryl/α,β-unsaturated/α-hetero) is 4. The molecule has 1 aliphatic heterocycles. The number of fused-ring (bicyclic) bond motifs is 3. The molecule has 4 aliphatic rings. The molecule has 11 heteroatoms. The number of rotatable bonds is 4. The number of nitrogens with zero attached hydrogens (tertiary/aromatic N) is 2. The van der Waals surface area contributed by atoms with Gasteiger partial charge >= 0.3 is 0 Å². The van der Waals surface area contributed by atoms with Crippen molar-refractivity contribution in [2.45, 2.75) is 43.4 Å². The van der Waals surface area contributed by atoms with E-state index >= 15 is 0 Å². The summed E-state index contributed by atoms with van der Waals surface area (Å²) in [5.74, 6) is -10.3. The lowest BCUT2D eigenvalue weighted by atomic mass is 9.52. The smallest absolute Gasteiger partial charge is 0.235 e. The minimum Gasteiger partial charge on any atom is -0.507 e. The maximum absolute atomic E-state index is 13.9. The molecule has 6 unspecified atom stereocenters. The first-order valence-electron chi connectivity index (χ1n) is 13.0. The molecule has 1 saturated heterocycles. The molecule has 0 aromatic heterocycles. The second kappa shape index (κ2) is 9.25. The lowest BCUT2D eigenvalue weighted by molar-refractivity contribution is -0.181. The van der Waals surface area contributed by atoms with Gasteiger partial charge in [0.25, 0.3) is 0 Å². The van der Waals surface area contributed by atoms with E-state index in [4.69, 9.17) is 5.73 Å². The Labute approximate surface area is 220 Å². The second-order valence-corrected chi connectivity index (χ2v) is 11.5. The Hall–Kier alpha value is -3.15. The molecular weight excluding hydrogens is 492 g/mol. The highest BCUT2D eigenvalue weighted by molar-refractivity contribution is 6.32. The number of aromatic hydroxyl groups is 1. The van der Waals surface area contributed by atoms with Crippen molar-refractivity contribution in [1.29, 1.82) is 0 Å². The molecule has 11 nitrogen and oxygen atoms in total. The van der Waals surface area contributed by atoms with Gasteiger partial charge in [-0.1, -0.05) is 0 Å². The molecule has 6 atom stereocenters. The third-order valence-corrected chi connectivity index (χ3v) is 9.02. The van der Waals surface area contributed by atoms with Crippen molar-refractivity contribution in [3.63, 3.8) is 0 Å². The van der Waals surface area contributed by atoms with Crippen molar-refractivity contribution in [1.82, 2.24) is 9.80 Å². The van der Waals surface area contributed by atoms with Crippen molar-refractivity contribution in [3.05, 3.63) is 23.3 Å². The van der Waals surface area contributed by atoms with E-state index < -0.39 is 64.4 Å². The first-order chi connectivity index (χ1) is 17.9. The zero-order valence-corrected chi connectivity index (χ0v) is 21.8. The fourth-order valence-corrected chi connectivity index (χ4v) is 7.11. The molecule has 1 aromatic carbocycles. The van der Waals surface area contributed by atoms with E-state index in [-0.39, 0.29) is 30.2 Å². The topological polar surface area (TPSA) is 170 Å². The number of phenolic OH excluding ortho intramolecular Hbond substituents is 1. The van der Waals surface area contributed by atoms with Crippen molar-refractivity contribution >= 4 is 34.7 Å². The molecule has 3 aliphatic carbocycles. The van der Waals surface area contributed by atoms with Crippen LogP contribution in [0.15, 0.2) is 12.1 Å². The Morgan fingerprint density at radius 1 is 1.13 bits per heavy atom. The van der Waals surface area contributed by atoms with Gasteiger partial charge in [-0.3, -0.25) is 28.9 Å². The van der Waals surface area contributed by atoms with Crippen LogP contribution in [0.4, 0.5) is 5.69 Å². The highest BCUT2D eigenvalue weighted by Crippen LogP contribution is 2.51. The zero-order valence-electron chi connectivity index (χ0n) is 21.8. The van der Waals surface area contributed by atoms with Crippen LogP contribution in [0.5, 0.6) is 5.75 Å². The minimum absolute atomic E-state index is 0.00882. The Morgan fingerprint density at radius 3 is 2.39 bits per heavy atom. The Kier molecular flexibility index (Phi) is 6.44. The largest absolute Gasteiger partial charge is 0.507 e. The molecule has 1 aromatic rings. The van der Waals surface area contributed by atoms with E-state index in [2.05, 4.69) is 17.3 Å².